The SMILES string of the molecule is C[SiH]1O[Si]2O[SiH](C)[SiH]1O2.[CH3-].[Pr]. The molecule has 2 bridgehead atoms. The molecule has 2 aliphatic rings. The van der Waals surface area contributed by atoms with Crippen LogP contribution in [0.15, 0.2) is 0 Å². The van der Waals surface area contributed by atoms with Crippen LogP contribution in [0.2, 0.25) is 13.1 Å². The van der Waals surface area contributed by atoms with Crippen LogP contribution in [-0.4, -0.2) is 34.7 Å². The molecule has 2 fully saturated rings. The molecular weight excluding hydrogens is 337 g/mol. The number of hydrogen-bond donors (Lipinski definition) is 0. The monoisotopic (exact) mass is 349 g/mol. The molecular formula is C3H12O3PrSi4-. The molecule has 2 saturated heterocycles. The average Bonchev–Trinajstić information content (AvgIpc) is 2.22. The first-order chi connectivity index (χ1) is 4.27. The Balaban J connectivity index is 0.000000500. The zero-order valence-corrected chi connectivity index (χ0v) is 15.2. The summed E-state index contributed by atoms with van der Waals surface area (Å²) < 4.78 is 16.7. The van der Waals surface area contributed by atoms with Gasteiger partial charge in [0, 0.05) is 41.3 Å². The second-order valence-corrected chi connectivity index (χ2v) is 21.4. The van der Waals surface area contributed by atoms with E-state index in [1.165, 1.54) is 0 Å². The Morgan fingerprint density at radius 2 is 1.45 bits per heavy atom. The maximum atomic E-state index is 5.62. The molecule has 0 aliphatic carbocycles. The van der Waals surface area contributed by atoms with Gasteiger partial charge in [0.05, 0.1) is 0 Å². The maximum absolute atomic E-state index is 5.62. The molecule has 11 heavy (non-hydrogen) atoms. The Morgan fingerprint density at radius 3 is 1.64 bits per heavy atom. The van der Waals surface area contributed by atoms with Crippen LogP contribution < -0.4 is 0 Å². The second-order valence-electron chi connectivity index (χ2n) is 2.48. The van der Waals surface area contributed by atoms with Crippen LogP contribution in [-0.2, 0) is 12.3 Å². The first-order valence-corrected chi connectivity index (χ1v) is 13.4. The van der Waals surface area contributed by atoms with Gasteiger partial charge in [0.25, 0.3) is 0 Å². The Morgan fingerprint density at radius 1 is 1.00 bits per heavy atom. The number of hydrogen-bond acceptors (Lipinski definition) is 3. The predicted molar refractivity (Wildman–Crippen MR) is 48.6 cm³/mol. The van der Waals surface area contributed by atoms with E-state index in [0.29, 0.717) is 0 Å². The van der Waals surface area contributed by atoms with E-state index in [9.17, 15) is 0 Å². The Kier molecular flexibility index (Phi) is 6.09. The van der Waals surface area contributed by atoms with Crippen LogP contribution in [0.25, 0.3) is 0 Å². The van der Waals surface area contributed by atoms with Gasteiger partial charge in [-0.3, -0.25) is 0 Å². The molecule has 8 heteroatoms. The van der Waals surface area contributed by atoms with Crippen molar-refractivity contribution in [2.45, 2.75) is 13.1 Å². The summed E-state index contributed by atoms with van der Waals surface area (Å²) in [6, 6.07) is 0. The molecule has 0 aromatic carbocycles. The Bertz CT molecular complexity index is 126. The molecule has 0 aromatic rings. The molecule has 0 amide bonds. The molecule has 2 unspecified atom stereocenters. The summed E-state index contributed by atoms with van der Waals surface area (Å²) in [5.41, 5.74) is 0. The normalized spacial score (nSPS) is 41.5. The van der Waals surface area contributed by atoms with E-state index in [2.05, 4.69) is 13.1 Å². The van der Waals surface area contributed by atoms with Crippen LogP contribution in [0.1, 0.15) is 0 Å². The van der Waals surface area contributed by atoms with E-state index in [4.69, 9.17) is 12.3 Å². The molecule has 2 aliphatic heterocycles. The largest absolute Gasteiger partial charge is 0.543 e. The summed E-state index contributed by atoms with van der Waals surface area (Å²) in [5.74, 6) is 0. The summed E-state index contributed by atoms with van der Waals surface area (Å²) in [6.07, 6.45) is 0. The van der Waals surface area contributed by atoms with Gasteiger partial charge < -0.3 is 19.8 Å². The van der Waals surface area contributed by atoms with Gasteiger partial charge in [-0.05, 0) is 13.1 Å². The fourth-order valence-corrected chi connectivity index (χ4v) is 33.3. The zero-order chi connectivity index (χ0) is 6.43. The van der Waals surface area contributed by atoms with Crippen LogP contribution in [0.4, 0.5) is 0 Å². The summed E-state index contributed by atoms with van der Waals surface area (Å²) in [6.45, 7) is 4.53. The standard InChI is InChI=1S/C2H9O3Si4.CH3.Pr/c1-6-3-8-4-7(2)9(6)5-8;;/h6-7,9H,1-2H3;1H3;/q;-1;. The molecule has 62 valence electrons. The quantitative estimate of drug-likeness (QED) is 0.419. The van der Waals surface area contributed by atoms with Gasteiger partial charge in [-0.25, -0.2) is 0 Å². The molecule has 2 atom stereocenters. The van der Waals surface area contributed by atoms with Crippen LogP contribution in [0.5, 0.6) is 0 Å². The van der Waals surface area contributed by atoms with E-state index in [0.717, 1.165) is 0 Å². The third-order valence-electron chi connectivity index (χ3n) is 1.72. The molecule has 2 rings (SSSR count). The minimum atomic E-state index is -1.09. The summed E-state index contributed by atoms with van der Waals surface area (Å²) in [4.78, 5) is 0. The van der Waals surface area contributed by atoms with Crippen molar-refractivity contribution in [3.8, 4) is 0 Å². The first kappa shape index (κ1) is 13.1. The minimum absolute atomic E-state index is 0. The fraction of sp³-hybridized carbons (Fsp3) is 0.667. The maximum Gasteiger partial charge on any atom is 0.543 e. The smallest absolute Gasteiger partial charge is 0.417 e. The fourth-order valence-electron chi connectivity index (χ4n) is 1.21. The van der Waals surface area contributed by atoms with Crippen molar-refractivity contribution >= 4 is 34.7 Å². The molecule has 2 heterocycles. The summed E-state index contributed by atoms with van der Waals surface area (Å²) in [7, 11) is -3.43. The van der Waals surface area contributed by atoms with Crippen molar-refractivity contribution in [3.63, 3.8) is 0 Å². The molecule has 2 radical (unpaired) electrons. The number of fused-ring (bicyclic) bond motifs is 2. The van der Waals surface area contributed by atoms with Gasteiger partial charge in [-0.1, -0.05) is 0 Å². The molecule has 3 nitrogen and oxygen atoms in total. The van der Waals surface area contributed by atoms with E-state index in [1.54, 1.807) is 0 Å². The van der Waals surface area contributed by atoms with Crippen LogP contribution in [0.3, 0.4) is 0 Å². The van der Waals surface area contributed by atoms with Crippen LogP contribution in [0, 0.1) is 48.7 Å². The molecule has 0 saturated carbocycles. The van der Waals surface area contributed by atoms with Gasteiger partial charge in [-0.2, -0.15) is 0 Å². The van der Waals surface area contributed by atoms with E-state index >= 15 is 0 Å². The van der Waals surface area contributed by atoms with Crippen molar-refractivity contribution in [2.24, 2.45) is 0 Å². The average molecular weight is 349 g/mol. The summed E-state index contributed by atoms with van der Waals surface area (Å²) in [5, 5.41) is 0. The van der Waals surface area contributed by atoms with Crippen LogP contribution >= 0.6 is 0 Å². The third-order valence-corrected chi connectivity index (χ3v) is 30.2. The minimum Gasteiger partial charge on any atom is -0.417 e. The Hall–Kier alpha value is 2.11. The van der Waals surface area contributed by atoms with Crippen molar-refractivity contribution in [1.29, 1.82) is 0 Å². The van der Waals surface area contributed by atoms with Crippen molar-refractivity contribution < 1.29 is 53.6 Å². The third kappa shape index (κ3) is 2.53. The van der Waals surface area contributed by atoms with Crippen molar-refractivity contribution in [3.05, 3.63) is 7.43 Å². The first-order valence-electron chi connectivity index (χ1n) is 3.14. The van der Waals surface area contributed by atoms with Gasteiger partial charge in [0.15, 0.2) is 25.2 Å². The molecule has 0 aromatic heterocycles. The zero-order valence-electron chi connectivity index (χ0n) is 7.03. The van der Waals surface area contributed by atoms with Crippen molar-refractivity contribution in [2.75, 3.05) is 0 Å². The summed E-state index contributed by atoms with van der Waals surface area (Å²) >= 11 is 0. The molecule has 0 N–H and O–H groups in total. The van der Waals surface area contributed by atoms with Gasteiger partial charge in [0.1, 0.15) is 0 Å². The van der Waals surface area contributed by atoms with E-state index in [-0.39, 0.29) is 48.7 Å². The van der Waals surface area contributed by atoms with E-state index in [1.807, 2.05) is 0 Å². The van der Waals surface area contributed by atoms with E-state index < -0.39 is 34.7 Å². The van der Waals surface area contributed by atoms with Gasteiger partial charge >= 0.3 is 9.53 Å². The molecule has 0 spiro atoms. The topological polar surface area (TPSA) is 27.7 Å². The van der Waals surface area contributed by atoms with Crippen molar-refractivity contribution in [1.82, 2.24) is 0 Å². The number of rotatable bonds is 0. The predicted octanol–water partition coefficient (Wildman–Crippen LogP) is -0.914. The Labute approximate surface area is 107 Å². The van der Waals surface area contributed by atoms with Gasteiger partial charge in [0.2, 0.25) is 0 Å². The second kappa shape index (κ2) is 5.11. The van der Waals surface area contributed by atoms with Gasteiger partial charge in [-0.15, -0.1) is 0 Å².